The molecule has 1 spiro atoms. The minimum absolute atomic E-state index is 0.0269. The van der Waals surface area contributed by atoms with E-state index in [4.69, 9.17) is 65.4 Å². The van der Waals surface area contributed by atoms with Gasteiger partial charge in [-0.05, 0) is 65.8 Å². The third kappa shape index (κ3) is 4.83. The van der Waals surface area contributed by atoms with Crippen LogP contribution in [0.5, 0.6) is 23.0 Å². The normalized spacial score (nSPS) is 14.9. The van der Waals surface area contributed by atoms with Crippen molar-refractivity contribution < 1.29 is 33.3 Å². The molecule has 0 aromatic heterocycles. The second kappa shape index (κ2) is 9.80. The maximum atomic E-state index is 13.3. The van der Waals surface area contributed by atoms with Crippen LogP contribution in [0.25, 0.3) is 0 Å². The second-order valence-corrected chi connectivity index (χ2v) is 13.4. The van der Waals surface area contributed by atoms with Gasteiger partial charge in [0.05, 0.1) is 31.5 Å². The molecule has 3 aromatic carbocycles. The summed E-state index contributed by atoms with van der Waals surface area (Å²) in [6.07, 6.45) is 0. The quantitative estimate of drug-likeness (QED) is 0.205. The molecule has 2 aliphatic heterocycles. The molecule has 7 nitrogen and oxygen atoms in total. The van der Waals surface area contributed by atoms with Crippen molar-refractivity contribution in [3.05, 3.63) is 78.7 Å². The molecule has 0 atom stereocenters. The van der Waals surface area contributed by atoms with Crippen molar-refractivity contribution in [2.45, 2.75) is 47.1 Å². The Morgan fingerprint density at radius 3 is 1.59 bits per heavy atom. The minimum atomic E-state index is -1.70. The average molecular weight is 638 g/mol. The summed E-state index contributed by atoms with van der Waals surface area (Å²) in [6, 6.07) is 8.84. The number of esters is 3. The lowest BCUT2D eigenvalue weighted by Gasteiger charge is -2.37. The Balaban J connectivity index is 1.78. The number of hydrogen-bond donors (Lipinski definition) is 0. The number of ether oxygens (including phenoxy) is 4. The average Bonchev–Trinajstić information content (AvgIpc) is 3.17. The molecule has 3 aromatic rings. The van der Waals surface area contributed by atoms with E-state index < -0.39 is 34.3 Å². The maximum absolute atomic E-state index is 13.3. The highest BCUT2D eigenvalue weighted by Gasteiger charge is 2.56. The molecule has 0 N–H and O–H groups in total. The van der Waals surface area contributed by atoms with Crippen LogP contribution < -0.4 is 14.2 Å². The molecule has 0 amide bonds. The Morgan fingerprint density at radius 2 is 1.15 bits per heavy atom. The van der Waals surface area contributed by atoms with Gasteiger partial charge in [-0.25, -0.2) is 4.79 Å². The van der Waals surface area contributed by atoms with Crippen molar-refractivity contribution in [1.29, 1.82) is 0 Å². The van der Waals surface area contributed by atoms with Crippen LogP contribution in [-0.2, 0) is 19.9 Å². The number of fused-ring (bicyclic) bond motifs is 6. The van der Waals surface area contributed by atoms with Gasteiger partial charge in [-0.1, -0.05) is 46.4 Å². The van der Waals surface area contributed by atoms with Crippen molar-refractivity contribution in [2.24, 2.45) is 10.8 Å². The Kier molecular flexibility index (Phi) is 7.06. The molecule has 2 aliphatic rings. The monoisotopic (exact) mass is 636 g/mol. The standard InChI is InChI=1S/C30H24Cl4O7/c1-28(2,3)26(36)39-21-11-19-13(9-17(21)33)30(24-16(32)8-7-15(31)23(24)25(35)41-30)14-10-18(34)22(12-20(14)38-19)40-27(37)29(4,5)6/h7-12H,1-6H3. The van der Waals surface area contributed by atoms with E-state index in [1.165, 1.54) is 30.3 Å². The van der Waals surface area contributed by atoms with Gasteiger partial charge in [-0.2, -0.15) is 0 Å². The molecule has 0 aliphatic carbocycles. The topological polar surface area (TPSA) is 88.1 Å². The number of carbonyl (C=O) groups is 3. The summed E-state index contributed by atoms with van der Waals surface area (Å²) in [4.78, 5) is 38.7. The van der Waals surface area contributed by atoms with E-state index in [1.54, 1.807) is 47.6 Å². The molecule has 0 bridgehead atoms. The molecular formula is C30H24Cl4O7. The van der Waals surface area contributed by atoms with Crippen LogP contribution in [-0.4, -0.2) is 17.9 Å². The lowest BCUT2D eigenvalue weighted by molar-refractivity contribution is -0.143. The highest BCUT2D eigenvalue weighted by molar-refractivity contribution is 6.37. The number of rotatable bonds is 2. The Hall–Kier alpha value is -2.97. The summed E-state index contributed by atoms with van der Waals surface area (Å²) in [6.45, 7) is 10.2. The van der Waals surface area contributed by atoms with Crippen LogP contribution in [0.2, 0.25) is 20.1 Å². The number of hydrogen-bond acceptors (Lipinski definition) is 7. The van der Waals surface area contributed by atoms with E-state index >= 15 is 0 Å². The van der Waals surface area contributed by atoms with Gasteiger partial charge in [0, 0.05) is 33.8 Å². The first kappa shape index (κ1) is 29.5. The van der Waals surface area contributed by atoms with E-state index in [2.05, 4.69) is 0 Å². The minimum Gasteiger partial charge on any atom is -0.456 e. The van der Waals surface area contributed by atoms with Crippen LogP contribution in [0.4, 0.5) is 0 Å². The molecule has 0 saturated heterocycles. The summed E-state index contributed by atoms with van der Waals surface area (Å²) in [5.41, 5.74) is -2.44. The van der Waals surface area contributed by atoms with Gasteiger partial charge in [0.15, 0.2) is 17.1 Å². The van der Waals surface area contributed by atoms with Crippen LogP contribution >= 0.6 is 46.4 Å². The smallest absolute Gasteiger partial charge is 0.341 e. The first-order valence-corrected chi connectivity index (χ1v) is 14.0. The van der Waals surface area contributed by atoms with Crippen LogP contribution in [0.3, 0.4) is 0 Å². The Morgan fingerprint density at radius 1 is 0.707 bits per heavy atom. The van der Waals surface area contributed by atoms with Gasteiger partial charge in [0.1, 0.15) is 11.5 Å². The lowest BCUT2D eigenvalue weighted by Crippen LogP contribution is -2.33. The Bertz CT molecular complexity index is 1580. The highest BCUT2D eigenvalue weighted by Crippen LogP contribution is 2.60. The number of carbonyl (C=O) groups excluding carboxylic acids is 3. The van der Waals surface area contributed by atoms with Gasteiger partial charge in [-0.15, -0.1) is 0 Å². The van der Waals surface area contributed by atoms with E-state index in [9.17, 15) is 14.4 Å². The lowest BCUT2D eigenvalue weighted by atomic mass is 9.77. The van der Waals surface area contributed by atoms with E-state index in [-0.39, 0.29) is 65.3 Å². The Labute approximate surface area is 256 Å². The van der Waals surface area contributed by atoms with Gasteiger partial charge in [0.25, 0.3) is 0 Å². The number of halogens is 4. The van der Waals surface area contributed by atoms with Crippen molar-refractivity contribution in [3.8, 4) is 23.0 Å². The largest absolute Gasteiger partial charge is 0.456 e. The van der Waals surface area contributed by atoms with Crippen molar-refractivity contribution in [2.75, 3.05) is 0 Å². The molecule has 2 heterocycles. The van der Waals surface area contributed by atoms with Gasteiger partial charge >= 0.3 is 17.9 Å². The SMILES string of the molecule is CC(C)(C)C(=O)Oc1cc2c(cc1Cl)C1(OC(=O)c3c(Cl)ccc(Cl)c31)c1cc(Cl)c(OC(=O)C(C)(C)C)cc1O2. The summed E-state index contributed by atoms with van der Waals surface area (Å²) < 4.78 is 23.5. The first-order valence-electron chi connectivity index (χ1n) is 12.5. The molecule has 0 radical (unpaired) electrons. The third-order valence-electron chi connectivity index (χ3n) is 6.58. The summed E-state index contributed by atoms with van der Waals surface area (Å²) in [5.74, 6) is -1.44. The van der Waals surface area contributed by atoms with Crippen LogP contribution in [0.15, 0.2) is 36.4 Å². The highest BCUT2D eigenvalue weighted by atomic mass is 35.5. The molecular weight excluding hydrogens is 614 g/mol. The van der Waals surface area contributed by atoms with Crippen molar-refractivity contribution >= 4 is 64.3 Å². The fourth-order valence-electron chi connectivity index (χ4n) is 4.43. The molecule has 11 heteroatoms. The number of benzene rings is 3. The summed E-state index contributed by atoms with van der Waals surface area (Å²) >= 11 is 26.4. The van der Waals surface area contributed by atoms with Crippen molar-refractivity contribution in [1.82, 2.24) is 0 Å². The maximum Gasteiger partial charge on any atom is 0.341 e. The zero-order valence-electron chi connectivity index (χ0n) is 22.8. The van der Waals surface area contributed by atoms with Gasteiger partial charge in [-0.3, -0.25) is 9.59 Å². The van der Waals surface area contributed by atoms with Crippen LogP contribution in [0.1, 0.15) is 68.6 Å². The molecule has 0 saturated carbocycles. The molecule has 0 unspecified atom stereocenters. The zero-order valence-corrected chi connectivity index (χ0v) is 25.9. The predicted octanol–water partition coefficient (Wildman–Crippen LogP) is 8.77. The first-order chi connectivity index (χ1) is 18.9. The van der Waals surface area contributed by atoms with Crippen LogP contribution in [0, 0.1) is 10.8 Å². The summed E-state index contributed by atoms with van der Waals surface area (Å²) in [7, 11) is 0. The van der Waals surface area contributed by atoms with E-state index in [1.807, 2.05) is 0 Å². The molecule has 214 valence electrons. The molecule has 0 fully saturated rings. The van der Waals surface area contributed by atoms with Gasteiger partial charge in [0.2, 0.25) is 0 Å². The predicted molar refractivity (Wildman–Crippen MR) is 155 cm³/mol. The third-order valence-corrected chi connectivity index (χ3v) is 7.80. The zero-order chi connectivity index (χ0) is 30.2. The van der Waals surface area contributed by atoms with Crippen molar-refractivity contribution in [3.63, 3.8) is 0 Å². The molecule has 5 rings (SSSR count). The second-order valence-electron chi connectivity index (χ2n) is 11.8. The van der Waals surface area contributed by atoms with Gasteiger partial charge < -0.3 is 18.9 Å². The van der Waals surface area contributed by atoms with E-state index in [0.29, 0.717) is 0 Å². The van der Waals surface area contributed by atoms with E-state index in [0.717, 1.165) is 0 Å². The fourth-order valence-corrected chi connectivity index (χ4v) is 5.36. The summed E-state index contributed by atoms with van der Waals surface area (Å²) in [5, 5.41) is 0.423. The fraction of sp³-hybridized carbons (Fsp3) is 0.300. The molecule has 41 heavy (non-hydrogen) atoms.